The minimum absolute atomic E-state index is 0.161. The van der Waals surface area contributed by atoms with Crippen LogP contribution in [0.2, 0.25) is 0 Å². The van der Waals surface area contributed by atoms with Crippen LogP contribution in [0.3, 0.4) is 0 Å². The summed E-state index contributed by atoms with van der Waals surface area (Å²) in [5.41, 5.74) is 0. The monoisotopic (exact) mass is 369 g/mol. The van der Waals surface area contributed by atoms with Gasteiger partial charge in [0.05, 0.1) is 0 Å². The first-order valence-corrected chi connectivity index (χ1v) is 9.59. The average Bonchev–Trinajstić information content (AvgIpc) is 2.68. The molecule has 3 atom stereocenters. The number of rotatable bonds is 6. The first-order valence-electron chi connectivity index (χ1n) is 9.59. The maximum atomic E-state index is 12.1. The summed E-state index contributed by atoms with van der Waals surface area (Å²) in [5.74, 6) is 0.833. The third-order valence-corrected chi connectivity index (χ3v) is 5.50. The van der Waals surface area contributed by atoms with Crippen molar-refractivity contribution in [3.8, 4) is 5.75 Å². The molecule has 1 fully saturated rings. The van der Waals surface area contributed by atoms with E-state index >= 15 is 0 Å². The van der Waals surface area contributed by atoms with Crippen molar-refractivity contribution in [2.45, 2.75) is 39.2 Å². The van der Waals surface area contributed by atoms with E-state index in [1.165, 1.54) is 6.42 Å². The highest BCUT2D eigenvalue weighted by Crippen LogP contribution is 2.29. The van der Waals surface area contributed by atoms with Crippen molar-refractivity contribution in [2.24, 2.45) is 11.8 Å². The van der Waals surface area contributed by atoms with E-state index in [2.05, 4.69) is 19.2 Å². The molecule has 1 aliphatic rings. The maximum Gasteiger partial charge on any atom is 0.344 e. The van der Waals surface area contributed by atoms with Crippen LogP contribution in [0.5, 0.6) is 5.75 Å². The number of carbonyl (C=O) groups is 2. The van der Waals surface area contributed by atoms with Gasteiger partial charge in [-0.3, -0.25) is 4.79 Å². The highest BCUT2D eigenvalue weighted by Gasteiger charge is 2.28. The maximum absolute atomic E-state index is 12.1. The van der Waals surface area contributed by atoms with E-state index in [1.54, 1.807) is 0 Å². The summed E-state index contributed by atoms with van der Waals surface area (Å²) in [7, 11) is 0. The molecule has 2 aromatic rings. The SMILES string of the molecule is C[C@@H]1[C@H](C)CCC[C@@H]1NC(=O)COC(=O)COc1ccc2ccccc2c1. The molecule has 1 amide bonds. The Hall–Kier alpha value is -2.56. The predicted molar refractivity (Wildman–Crippen MR) is 105 cm³/mol. The van der Waals surface area contributed by atoms with Gasteiger partial charge in [-0.1, -0.05) is 57.0 Å². The molecular weight excluding hydrogens is 342 g/mol. The number of esters is 1. The number of nitrogens with one attached hydrogen (secondary N) is 1. The summed E-state index contributed by atoms with van der Waals surface area (Å²) < 4.78 is 10.5. The highest BCUT2D eigenvalue weighted by molar-refractivity contribution is 5.84. The van der Waals surface area contributed by atoms with E-state index in [0.29, 0.717) is 17.6 Å². The Morgan fingerprint density at radius 3 is 2.63 bits per heavy atom. The van der Waals surface area contributed by atoms with Crippen LogP contribution in [0, 0.1) is 11.8 Å². The number of benzene rings is 2. The predicted octanol–water partition coefficient (Wildman–Crippen LogP) is 3.70. The van der Waals surface area contributed by atoms with E-state index in [-0.39, 0.29) is 25.2 Å². The highest BCUT2D eigenvalue weighted by atomic mass is 16.6. The van der Waals surface area contributed by atoms with Crippen molar-refractivity contribution in [3.05, 3.63) is 42.5 Å². The van der Waals surface area contributed by atoms with Crippen LogP contribution < -0.4 is 10.1 Å². The van der Waals surface area contributed by atoms with Crippen molar-refractivity contribution in [1.82, 2.24) is 5.32 Å². The summed E-state index contributed by atoms with van der Waals surface area (Å²) in [6.45, 7) is 3.89. The van der Waals surface area contributed by atoms with Crippen LogP contribution in [0.15, 0.2) is 42.5 Å². The molecule has 0 radical (unpaired) electrons. The van der Waals surface area contributed by atoms with Crippen molar-refractivity contribution in [1.29, 1.82) is 0 Å². The third-order valence-electron chi connectivity index (χ3n) is 5.50. The molecule has 27 heavy (non-hydrogen) atoms. The zero-order valence-corrected chi connectivity index (χ0v) is 15.9. The van der Waals surface area contributed by atoms with Gasteiger partial charge in [0.25, 0.3) is 5.91 Å². The number of hydrogen-bond donors (Lipinski definition) is 1. The number of ether oxygens (including phenoxy) is 2. The van der Waals surface area contributed by atoms with Crippen LogP contribution in [0.4, 0.5) is 0 Å². The number of fused-ring (bicyclic) bond motifs is 1. The summed E-state index contributed by atoms with van der Waals surface area (Å²) in [6, 6.07) is 13.7. The van der Waals surface area contributed by atoms with Crippen molar-refractivity contribution < 1.29 is 19.1 Å². The van der Waals surface area contributed by atoms with Crippen LogP contribution in [0.1, 0.15) is 33.1 Å². The molecule has 0 unspecified atom stereocenters. The van der Waals surface area contributed by atoms with Gasteiger partial charge in [0.1, 0.15) is 5.75 Å². The topological polar surface area (TPSA) is 64.6 Å². The lowest BCUT2D eigenvalue weighted by Crippen LogP contribution is -2.45. The van der Waals surface area contributed by atoms with Gasteiger partial charge in [0.2, 0.25) is 0 Å². The Morgan fingerprint density at radius 1 is 1.04 bits per heavy atom. The fourth-order valence-corrected chi connectivity index (χ4v) is 3.62. The molecule has 5 nitrogen and oxygen atoms in total. The van der Waals surface area contributed by atoms with Gasteiger partial charge in [0.15, 0.2) is 13.2 Å². The van der Waals surface area contributed by atoms with Crippen LogP contribution in [0.25, 0.3) is 10.8 Å². The van der Waals surface area contributed by atoms with E-state index in [0.717, 1.165) is 23.6 Å². The summed E-state index contributed by atoms with van der Waals surface area (Å²) in [6.07, 6.45) is 3.31. The molecule has 1 aliphatic carbocycles. The van der Waals surface area contributed by atoms with Crippen LogP contribution in [-0.2, 0) is 14.3 Å². The molecule has 1 saturated carbocycles. The Bertz CT molecular complexity index is 804. The lowest BCUT2D eigenvalue weighted by Gasteiger charge is -2.34. The van der Waals surface area contributed by atoms with Crippen molar-refractivity contribution >= 4 is 22.6 Å². The smallest absolute Gasteiger partial charge is 0.344 e. The normalized spacial score (nSPS) is 22.2. The Kier molecular flexibility index (Phi) is 6.32. The fourth-order valence-electron chi connectivity index (χ4n) is 3.62. The minimum Gasteiger partial charge on any atom is -0.482 e. The number of carbonyl (C=O) groups excluding carboxylic acids is 2. The minimum atomic E-state index is -0.552. The zero-order valence-electron chi connectivity index (χ0n) is 15.9. The second kappa shape index (κ2) is 8.89. The number of hydrogen-bond acceptors (Lipinski definition) is 4. The molecule has 0 spiro atoms. The van der Waals surface area contributed by atoms with Crippen molar-refractivity contribution in [3.63, 3.8) is 0 Å². The molecule has 0 saturated heterocycles. The first kappa shape index (κ1) is 19.2. The number of amides is 1. The third kappa shape index (κ3) is 5.22. The summed E-state index contributed by atoms with van der Waals surface area (Å²) in [5, 5.41) is 5.14. The van der Waals surface area contributed by atoms with Crippen LogP contribution in [-0.4, -0.2) is 31.1 Å². The molecule has 0 aliphatic heterocycles. The van der Waals surface area contributed by atoms with Gasteiger partial charge in [-0.15, -0.1) is 0 Å². The van der Waals surface area contributed by atoms with Gasteiger partial charge in [-0.2, -0.15) is 0 Å². The van der Waals surface area contributed by atoms with Gasteiger partial charge in [-0.05, 0) is 41.2 Å². The van der Waals surface area contributed by atoms with E-state index in [4.69, 9.17) is 9.47 Å². The molecule has 2 aromatic carbocycles. The quantitative estimate of drug-likeness (QED) is 0.789. The molecule has 144 valence electrons. The standard InChI is InChI=1S/C22H27NO4/c1-15-6-5-9-20(16(15)2)23-21(24)13-27-22(25)14-26-19-11-10-17-7-3-4-8-18(17)12-19/h3-4,7-8,10-12,15-16,20H,5-6,9,13-14H2,1-2H3,(H,23,24)/t15-,16-,20+/m1/s1. The lowest BCUT2D eigenvalue weighted by atomic mass is 9.78. The molecule has 3 rings (SSSR count). The molecule has 0 heterocycles. The fraction of sp³-hybridized carbons (Fsp3) is 0.455. The summed E-state index contributed by atoms with van der Waals surface area (Å²) in [4.78, 5) is 23.9. The molecule has 0 bridgehead atoms. The Labute approximate surface area is 160 Å². The molecule has 5 heteroatoms. The Morgan fingerprint density at radius 2 is 1.81 bits per heavy atom. The van der Waals surface area contributed by atoms with Gasteiger partial charge >= 0.3 is 5.97 Å². The Balaban J connectivity index is 1.41. The molecule has 0 aromatic heterocycles. The lowest BCUT2D eigenvalue weighted by molar-refractivity contribution is -0.150. The van der Waals surface area contributed by atoms with Crippen molar-refractivity contribution in [2.75, 3.05) is 13.2 Å². The van der Waals surface area contributed by atoms with E-state index in [1.807, 2.05) is 42.5 Å². The second-order valence-electron chi connectivity index (χ2n) is 7.40. The van der Waals surface area contributed by atoms with Gasteiger partial charge in [-0.25, -0.2) is 4.79 Å². The van der Waals surface area contributed by atoms with E-state index in [9.17, 15) is 9.59 Å². The average molecular weight is 369 g/mol. The molecular formula is C22H27NO4. The second-order valence-corrected chi connectivity index (χ2v) is 7.40. The first-order chi connectivity index (χ1) is 13.0. The molecule has 1 N–H and O–H groups in total. The van der Waals surface area contributed by atoms with Gasteiger partial charge < -0.3 is 14.8 Å². The zero-order chi connectivity index (χ0) is 19.2. The van der Waals surface area contributed by atoms with E-state index < -0.39 is 5.97 Å². The largest absolute Gasteiger partial charge is 0.482 e. The van der Waals surface area contributed by atoms with Gasteiger partial charge in [0, 0.05) is 6.04 Å². The summed E-state index contributed by atoms with van der Waals surface area (Å²) >= 11 is 0. The van der Waals surface area contributed by atoms with Crippen LogP contribution >= 0.6 is 0 Å².